The molecule has 0 unspecified atom stereocenters. The number of nitrogens with zero attached hydrogens (tertiary/aromatic N) is 1. The summed E-state index contributed by atoms with van der Waals surface area (Å²) in [5, 5.41) is 22.0. The highest BCUT2D eigenvalue weighted by Gasteiger charge is 2.19. The molecule has 0 aliphatic rings. The zero-order valence-corrected chi connectivity index (χ0v) is 14.8. The van der Waals surface area contributed by atoms with Gasteiger partial charge in [-0.15, -0.1) is 0 Å². The van der Waals surface area contributed by atoms with Crippen LogP contribution in [0.1, 0.15) is 43.6 Å². The Balaban J connectivity index is 2.07. The van der Waals surface area contributed by atoms with E-state index in [-0.39, 0.29) is 18.1 Å². The molecule has 2 aromatic carbocycles. The number of aliphatic hydroxyl groups is 1. The molecule has 0 fully saturated rings. The molecule has 27 heavy (non-hydrogen) atoms. The van der Waals surface area contributed by atoms with Crippen LogP contribution in [0.15, 0.2) is 42.6 Å². The van der Waals surface area contributed by atoms with Crippen LogP contribution in [0.5, 0.6) is 0 Å². The SMILES string of the molecule is CC(=O)n1cc(C(=O)Nc2cc(CO)cc(C(=O)O)c2C)c2ccccc21. The number of carboxylic acid groups (broad SMARTS) is 1. The molecule has 1 aromatic heterocycles. The van der Waals surface area contributed by atoms with Crippen LogP contribution in [-0.2, 0) is 6.61 Å². The molecule has 138 valence electrons. The Morgan fingerprint density at radius 3 is 2.44 bits per heavy atom. The highest BCUT2D eigenvalue weighted by atomic mass is 16.4. The Bertz CT molecular complexity index is 1080. The van der Waals surface area contributed by atoms with Gasteiger partial charge in [0.15, 0.2) is 0 Å². The van der Waals surface area contributed by atoms with E-state index >= 15 is 0 Å². The number of aromatic nitrogens is 1. The number of aromatic carboxylic acids is 1. The highest BCUT2D eigenvalue weighted by molar-refractivity contribution is 6.14. The van der Waals surface area contributed by atoms with Gasteiger partial charge >= 0.3 is 5.97 Å². The molecule has 3 N–H and O–H groups in total. The molecule has 0 aliphatic carbocycles. The first-order chi connectivity index (χ1) is 12.8. The Morgan fingerprint density at radius 2 is 1.81 bits per heavy atom. The third kappa shape index (κ3) is 3.32. The Hall–Kier alpha value is -3.45. The fourth-order valence-electron chi connectivity index (χ4n) is 3.03. The van der Waals surface area contributed by atoms with Crippen molar-refractivity contribution in [3.63, 3.8) is 0 Å². The molecule has 0 atom stereocenters. The van der Waals surface area contributed by atoms with Gasteiger partial charge in [-0.05, 0) is 36.2 Å². The number of carbonyl (C=O) groups excluding carboxylic acids is 2. The summed E-state index contributed by atoms with van der Waals surface area (Å²) in [4.78, 5) is 36.1. The standard InChI is InChI=1S/C20H18N2O5/c1-11-15(20(26)27)7-13(10-23)8-17(11)21-19(25)16-9-22(12(2)24)18-6-4-3-5-14(16)18/h3-9,23H,10H2,1-2H3,(H,21,25)(H,26,27). The topological polar surface area (TPSA) is 109 Å². The van der Waals surface area contributed by atoms with Gasteiger partial charge in [-0.2, -0.15) is 0 Å². The van der Waals surface area contributed by atoms with Crippen LogP contribution in [0.2, 0.25) is 0 Å². The number of para-hydroxylation sites is 1. The van der Waals surface area contributed by atoms with Crippen LogP contribution >= 0.6 is 0 Å². The average molecular weight is 366 g/mol. The fraction of sp³-hybridized carbons (Fsp3) is 0.150. The second kappa shape index (κ2) is 7.05. The normalized spacial score (nSPS) is 10.8. The molecular weight excluding hydrogens is 348 g/mol. The zero-order chi connectivity index (χ0) is 19.7. The number of hydrogen-bond acceptors (Lipinski definition) is 4. The van der Waals surface area contributed by atoms with E-state index in [4.69, 9.17) is 0 Å². The summed E-state index contributed by atoms with van der Waals surface area (Å²) in [7, 11) is 0. The van der Waals surface area contributed by atoms with E-state index in [1.165, 1.54) is 29.8 Å². The minimum atomic E-state index is -1.15. The third-order valence-corrected chi connectivity index (χ3v) is 4.42. The summed E-state index contributed by atoms with van der Waals surface area (Å²) in [5.74, 6) is -1.84. The van der Waals surface area contributed by atoms with Gasteiger partial charge in [0, 0.05) is 24.2 Å². The largest absolute Gasteiger partial charge is 0.478 e. The zero-order valence-electron chi connectivity index (χ0n) is 14.8. The minimum absolute atomic E-state index is 0.00279. The summed E-state index contributed by atoms with van der Waals surface area (Å²) in [6.07, 6.45) is 1.46. The van der Waals surface area contributed by atoms with Crippen molar-refractivity contribution in [2.24, 2.45) is 0 Å². The highest BCUT2D eigenvalue weighted by Crippen LogP contribution is 2.26. The van der Waals surface area contributed by atoms with Crippen molar-refractivity contribution >= 4 is 34.4 Å². The van der Waals surface area contributed by atoms with Crippen molar-refractivity contribution in [1.82, 2.24) is 4.57 Å². The molecule has 3 aromatic rings. The number of amides is 1. The fourth-order valence-corrected chi connectivity index (χ4v) is 3.03. The molecule has 7 heteroatoms. The second-order valence-electron chi connectivity index (χ2n) is 6.18. The van der Waals surface area contributed by atoms with Gasteiger partial charge in [-0.25, -0.2) is 4.79 Å². The maximum absolute atomic E-state index is 12.9. The molecule has 0 aliphatic heterocycles. The lowest BCUT2D eigenvalue weighted by atomic mass is 10.0. The van der Waals surface area contributed by atoms with Gasteiger partial charge in [0.2, 0.25) is 5.91 Å². The lowest BCUT2D eigenvalue weighted by molar-refractivity contribution is 0.0695. The summed E-state index contributed by atoms with van der Waals surface area (Å²) in [5.41, 5.74) is 1.96. The average Bonchev–Trinajstić information content (AvgIpc) is 3.03. The van der Waals surface area contributed by atoms with Crippen molar-refractivity contribution in [3.05, 3.63) is 64.8 Å². The molecular formula is C20H18N2O5. The minimum Gasteiger partial charge on any atom is -0.478 e. The number of aliphatic hydroxyl groups excluding tert-OH is 1. The molecule has 0 saturated heterocycles. The number of carboxylic acids is 1. The molecule has 0 radical (unpaired) electrons. The monoisotopic (exact) mass is 366 g/mol. The van der Waals surface area contributed by atoms with E-state index in [0.717, 1.165) is 0 Å². The van der Waals surface area contributed by atoms with E-state index in [1.807, 2.05) is 0 Å². The van der Waals surface area contributed by atoms with E-state index < -0.39 is 11.9 Å². The molecule has 0 saturated carbocycles. The number of benzene rings is 2. The molecule has 0 bridgehead atoms. The van der Waals surface area contributed by atoms with Crippen molar-refractivity contribution in [2.45, 2.75) is 20.5 Å². The van der Waals surface area contributed by atoms with Gasteiger partial charge in [-0.1, -0.05) is 18.2 Å². The summed E-state index contributed by atoms with van der Waals surface area (Å²) >= 11 is 0. The molecule has 1 amide bonds. The number of nitrogens with one attached hydrogen (secondary N) is 1. The lowest BCUT2D eigenvalue weighted by Gasteiger charge is -2.12. The summed E-state index contributed by atoms with van der Waals surface area (Å²) < 4.78 is 1.39. The number of rotatable bonds is 4. The second-order valence-corrected chi connectivity index (χ2v) is 6.18. The van der Waals surface area contributed by atoms with E-state index in [2.05, 4.69) is 5.32 Å². The van der Waals surface area contributed by atoms with Gasteiger partial charge in [0.1, 0.15) is 0 Å². The summed E-state index contributed by atoms with van der Waals surface area (Å²) in [6.45, 7) is 2.63. The van der Waals surface area contributed by atoms with Gasteiger partial charge in [-0.3, -0.25) is 14.2 Å². The van der Waals surface area contributed by atoms with Crippen LogP contribution in [0.3, 0.4) is 0 Å². The van der Waals surface area contributed by atoms with Crippen molar-refractivity contribution in [2.75, 3.05) is 5.32 Å². The van der Waals surface area contributed by atoms with Crippen LogP contribution < -0.4 is 5.32 Å². The van der Waals surface area contributed by atoms with Crippen LogP contribution in [0, 0.1) is 6.92 Å². The smallest absolute Gasteiger partial charge is 0.336 e. The van der Waals surface area contributed by atoms with Gasteiger partial charge in [0.25, 0.3) is 5.91 Å². The Morgan fingerprint density at radius 1 is 1.11 bits per heavy atom. The van der Waals surface area contributed by atoms with Crippen molar-refractivity contribution in [3.8, 4) is 0 Å². The lowest BCUT2D eigenvalue weighted by Crippen LogP contribution is -2.15. The maximum Gasteiger partial charge on any atom is 0.336 e. The Kier molecular flexibility index (Phi) is 4.79. The third-order valence-electron chi connectivity index (χ3n) is 4.42. The van der Waals surface area contributed by atoms with Crippen LogP contribution in [0.4, 0.5) is 5.69 Å². The van der Waals surface area contributed by atoms with E-state index in [9.17, 15) is 24.6 Å². The first kappa shape index (κ1) is 18.3. The molecule has 0 spiro atoms. The predicted molar refractivity (Wildman–Crippen MR) is 100 cm³/mol. The maximum atomic E-state index is 12.9. The number of hydrogen-bond donors (Lipinski definition) is 3. The molecule has 3 rings (SSSR count). The van der Waals surface area contributed by atoms with Crippen LogP contribution in [-0.4, -0.2) is 32.6 Å². The first-order valence-electron chi connectivity index (χ1n) is 8.23. The quantitative estimate of drug-likeness (QED) is 0.658. The van der Waals surface area contributed by atoms with Gasteiger partial charge in [0.05, 0.1) is 23.3 Å². The number of fused-ring (bicyclic) bond motifs is 1. The molecule has 1 heterocycles. The number of carbonyl (C=O) groups is 3. The predicted octanol–water partition coefficient (Wildman–Crippen LogP) is 3.05. The first-order valence-corrected chi connectivity index (χ1v) is 8.23. The van der Waals surface area contributed by atoms with E-state index in [0.29, 0.717) is 33.3 Å². The van der Waals surface area contributed by atoms with Crippen molar-refractivity contribution < 1.29 is 24.6 Å². The van der Waals surface area contributed by atoms with Gasteiger partial charge < -0.3 is 15.5 Å². The van der Waals surface area contributed by atoms with Crippen molar-refractivity contribution in [1.29, 1.82) is 0 Å². The number of anilines is 1. The van der Waals surface area contributed by atoms with Crippen LogP contribution in [0.25, 0.3) is 10.9 Å². The van der Waals surface area contributed by atoms with E-state index in [1.54, 1.807) is 31.2 Å². The summed E-state index contributed by atoms with van der Waals surface area (Å²) in [6, 6.07) is 9.93. The molecule has 7 nitrogen and oxygen atoms in total. The Labute approximate surface area is 154 Å².